The summed E-state index contributed by atoms with van der Waals surface area (Å²) >= 11 is 6.10. The molecule has 9 heteroatoms. The van der Waals surface area contributed by atoms with E-state index in [1.54, 1.807) is 51.9 Å². The van der Waals surface area contributed by atoms with Gasteiger partial charge < -0.3 is 16.2 Å². The standard InChI is InChI=1S/C19H17ClN6O2/c20-13-5-3-4-12(10-13)17-14(11-25(23-17)8-9-27)22-19(28)16-15-6-1-2-7-26(15)24-18(16)21/h1-7,10-11,27H,8-9H2,(H2,21,24)(H,22,28). The molecule has 0 bridgehead atoms. The van der Waals surface area contributed by atoms with E-state index in [4.69, 9.17) is 17.3 Å². The van der Waals surface area contributed by atoms with Gasteiger partial charge in [-0.15, -0.1) is 5.10 Å². The van der Waals surface area contributed by atoms with Gasteiger partial charge in [0.05, 0.1) is 24.4 Å². The van der Waals surface area contributed by atoms with E-state index in [2.05, 4.69) is 15.5 Å². The van der Waals surface area contributed by atoms with Gasteiger partial charge in [0.25, 0.3) is 5.91 Å². The Balaban J connectivity index is 1.74. The highest BCUT2D eigenvalue weighted by molar-refractivity contribution is 6.30. The van der Waals surface area contributed by atoms with E-state index in [-0.39, 0.29) is 18.0 Å². The average Bonchev–Trinajstić information content (AvgIpc) is 3.21. The third-order valence-electron chi connectivity index (χ3n) is 4.23. The van der Waals surface area contributed by atoms with Gasteiger partial charge >= 0.3 is 0 Å². The number of nitrogens with zero attached hydrogens (tertiary/aromatic N) is 4. The van der Waals surface area contributed by atoms with Crippen LogP contribution in [0.15, 0.2) is 54.9 Å². The van der Waals surface area contributed by atoms with Gasteiger partial charge in [-0.05, 0) is 24.3 Å². The number of benzene rings is 1. The second-order valence-corrected chi connectivity index (χ2v) is 6.57. The van der Waals surface area contributed by atoms with Gasteiger partial charge in [0.15, 0.2) is 5.82 Å². The van der Waals surface area contributed by atoms with E-state index in [0.717, 1.165) is 5.56 Å². The van der Waals surface area contributed by atoms with Crippen LogP contribution in [0.5, 0.6) is 0 Å². The molecule has 1 amide bonds. The minimum absolute atomic E-state index is 0.0783. The molecule has 28 heavy (non-hydrogen) atoms. The highest BCUT2D eigenvalue weighted by Crippen LogP contribution is 2.29. The Morgan fingerprint density at radius 2 is 2.07 bits per heavy atom. The predicted octanol–water partition coefficient (Wildman–Crippen LogP) is 2.68. The number of aromatic nitrogens is 4. The number of hydrogen-bond acceptors (Lipinski definition) is 5. The molecular formula is C19H17ClN6O2. The van der Waals surface area contributed by atoms with Crippen molar-refractivity contribution in [2.24, 2.45) is 0 Å². The molecule has 0 aliphatic rings. The summed E-state index contributed by atoms with van der Waals surface area (Å²) in [5.74, 6) is -0.263. The molecule has 0 aliphatic carbocycles. The fourth-order valence-corrected chi connectivity index (χ4v) is 3.20. The Morgan fingerprint density at radius 1 is 1.21 bits per heavy atom. The molecule has 4 N–H and O–H groups in total. The summed E-state index contributed by atoms with van der Waals surface area (Å²) < 4.78 is 3.11. The first-order valence-electron chi connectivity index (χ1n) is 8.55. The molecule has 0 atom stereocenters. The summed E-state index contributed by atoms with van der Waals surface area (Å²) in [5, 5.41) is 21.3. The Morgan fingerprint density at radius 3 is 2.86 bits per heavy atom. The molecule has 0 aliphatic heterocycles. The zero-order chi connectivity index (χ0) is 19.7. The molecule has 4 aromatic rings. The maximum absolute atomic E-state index is 13.0. The molecule has 0 saturated heterocycles. The van der Waals surface area contributed by atoms with Crippen LogP contribution >= 0.6 is 11.6 Å². The normalized spacial score (nSPS) is 11.1. The van der Waals surface area contributed by atoms with Crippen LogP contribution in [0.2, 0.25) is 5.02 Å². The Kier molecular flexibility index (Phi) is 4.72. The van der Waals surface area contributed by atoms with Crippen molar-refractivity contribution in [3.05, 3.63) is 65.4 Å². The lowest BCUT2D eigenvalue weighted by atomic mass is 10.1. The van der Waals surface area contributed by atoms with Crippen molar-refractivity contribution in [1.29, 1.82) is 0 Å². The zero-order valence-corrected chi connectivity index (χ0v) is 15.5. The number of nitrogens with two attached hydrogens (primary N) is 1. The number of nitrogens with one attached hydrogen (secondary N) is 1. The van der Waals surface area contributed by atoms with E-state index < -0.39 is 5.91 Å². The second kappa shape index (κ2) is 7.34. The topological polar surface area (TPSA) is 110 Å². The Hall–Kier alpha value is -3.36. The maximum atomic E-state index is 13.0. The Bertz CT molecular complexity index is 1170. The van der Waals surface area contributed by atoms with Crippen molar-refractivity contribution in [3.63, 3.8) is 0 Å². The number of anilines is 2. The van der Waals surface area contributed by atoms with Gasteiger partial charge in [0.2, 0.25) is 0 Å². The molecule has 3 heterocycles. The highest BCUT2D eigenvalue weighted by atomic mass is 35.5. The lowest BCUT2D eigenvalue weighted by molar-refractivity contribution is 0.102. The molecule has 0 radical (unpaired) electrons. The average molecular weight is 397 g/mol. The number of carbonyl (C=O) groups is 1. The summed E-state index contributed by atoms with van der Waals surface area (Å²) in [6.07, 6.45) is 3.38. The number of aliphatic hydroxyl groups is 1. The molecule has 142 valence electrons. The largest absolute Gasteiger partial charge is 0.394 e. The van der Waals surface area contributed by atoms with Gasteiger partial charge in [-0.2, -0.15) is 5.10 Å². The summed E-state index contributed by atoms with van der Waals surface area (Å²) in [6.45, 7) is 0.216. The van der Waals surface area contributed by atoms with Crippen LogP contribution in [0, 0.1) is 0 Å². The summed E-state index contributed by atoms with van der Waals surface area (Å²) in [4.78, 5) is 13.0. The molecule has 0 fully saturated rings. The first kappa shape index (κ1) is 18.0. The number of fused-ring (bicyclic) bond motifs is 1. The van der Waals surface area contributed by atoms with E-state index in [1.807, 2.05) is 12.1 Å². The fraction of sp³-hybridized carbons (Fsp3) is 0.105. The maximum Gasteiger partial charge on any atom is 0.261 e. The van der Waals surface area contributed by atoms with Crippen molar-refractivity contribution in [1.82, 2.24) is 19.4 Å². The van der Waals surface area contributed by atoms with Crippen LogP contribution in [0.1, 0.15) is 10.4 Å². The number of halogens is 1. The molecule has 8 nitrogen and oxygen atoms in total. The highest BCUT2D eigenvalue weighted by Gasteiger charge is 2.21. The van der Waals surface area contributed by atoms with E-state index in [1.165, 1.54) is 0 Å². The lowest BCUT2D eigenvalue weighted by Gasteiger charge is -2.06. The predicted molar refractivity (Wildman–Crippen MR) is 107 cm³/mol. The smallest absolute Gasteiger partial charge is 0.261 e. The number of aliphatic hydroxyl groups excluding tert-OH is 1. The second-order valence-electron chi connectivity index (χ2n) is 6.13. The third-order valence-corrected chi connectivity index (χ3v) is 4.47. The summed E-state index contributed by atoms with van der Waals surface area (Å²) in [5.41, 5.74) is 8.62. The minimum Gasteiger partial charge on any atom is -0.394 e. The third kappa shape index (κ3) is 3.30. The number of nitrogen functional groups attached to an aromatic ring is 1. The van der Waals surface area contributed by atoms with E-state index in [9.17, 15) is 9.90 Å². The number of pyridine rings is 1. The van der Waals surface area contributed by atoms with Crippen LogP contribution in [-0.4, -0.2) is 37.0 Å². The van der Waals surface area contributed by atoms with Crippen molar-refractivity contribution >= 4 is 34.5 Å². The molecule has 0 unspecified atom stereocenters. The zero-order valence-electron chi connectivity index (χ0n) is 14.7. The summed E-state index contributed by atoms with van der Waals surface area (Å²) in [7, 11) is 0. The van der Waals surface area contributed by atoms with Crippen LogP contribution in [0.3, 0.4) is 0 Å². The van der Waals surface area contributed by atoms with Crippen molar-refractivity contribution in [2.75, 3.05) is 17.7 Å². The van der Waals surface area contributed by atoms with Crippen molar-refractivity contribution in [2.45, 2.75) is 6.54 Å². The quantitative estimate of drug-likeness (QED) is 0.480. The van der Waals surface area contributed by atoms with Gasteiger partial charge in [0, 0.05) is 23.0 Å². The van der Waals surface area contributed by atoms with Crippen molar-refractivity contribution in [3.8, 4) is 11.3 Å². The van der Waals surface area contributed by atoms with Gasteiger partial charge in [-0.1, -0.05) is 29.8 Å². The van der Waals surface area contributed by atoms with Crippen LogP contribution < -0.4 is 11.1 Å². The van der Waals surface area contributed by atoms with E-state index >= 15 is 0 Å². The fourth-order valence-electron chi connectivity index (χ4n) is 3.01. The van der Waals surface area contributed by atoms with Gasteiger partial charge in [-0.3, -0.25) is 9.48 Å². The first-order valence-corrected chi connectivity index (χ1v) is 8.93. The van der Waals surface area contributed by atoms with Crippen LogP contribution in [0.25, 0.3) is 16.8 Å². The lowest BCUT2D eigenvalue weighted by Crippen LogP contribution is -2.13. The first-order chi connectivity index (χ1) is 13.6. The van der Waals surface area contributed by atoms with Gasteiger partial charge in [0.1, 0.15) is 11.3 Å². The summed E-state index contributed by atoms with van der Waals surface area (Å²) in [6, 6.07) is 12.5. The number of amides is 1. The molecule has 0 spiro atoms. The number of hydrogen-bond donors (Lipinski definition) is 3. The number of rotatable bonds is 5. The van der Waals surface area contributed by atoms with Crippen LogP contribution in [-0.2, 0) is 6.54 Å². The van der Waals surface area contributed by atoms with Crippen molar-refractivity contribution < 1.29 is 9.90 Å². The number of carbonyl (C=O) groups excluding carboxylic acids is 1. The molecule has 1 aromatic carbocycles. The molecule has 3 aromatic heterocycles. The minimum atomic E-state index is -0.398. The monoisotopic (exact) mass is 396 g/mol. The van der Waals surface area contributed by atoms with Crippen LogP contribution in [0.4, 0.5) is 11.5 Å². The van der Waals surface area contributed by atoms with Gasteiger partial charge in [-0.25, -0.2) is 4.52 Å². The SMILES string of the molecule is Nc1nn2ccccc2c1C(=O)Nc1cn(CCO)nc1-c1cccc(Cl)c1. The molecule has 0 saturated carbocycles. The molecular weight excluding hydrogens is 380 g/mol. The van der Waals surface area contributed by atoms with E-state index in [0.29, 0.717) is 28.5 Å². The Labute approximate surface area is 165 Å². The molecule has 4 rings (SSSR count).